The molecule has 4 fully saturated rings. The third-order valence-electron chi connectivity index (χ3n) is 11.2. The van der Waals surface area contributed by atoms with Gasteiger partial charge in [0.05, 0.1) is 23.5 Å². The molecule has 2 aromatic carbocycles. The van der Waals surface area contributed by atoms with Gasteiger partial charge in [0.15, 0.2) is 0 Å². The third kappa shape index (κ3) is 4.78. The summed E-state index contributed by atoms with van der Waals surface area (Å²) in [5.41, 5.74) is 5.42. The Morgan fingerprint density at radius 3 is 2.42 bits per heavy atom. The molecule has 2 atom stereocenters. The summed E-state index contributed by atoms with van der Waals surface area (Å²) >= 11 is 0. The average Bonchev–Trinajstić information content (AvgIpc) is 3.97. The van der Waals surface area contributed by atoms with Crippen LogP contribution < -0.4 is 9.46 Å². The number of benzene rings is 2. The Morgan fingerprint density at radius 2 is 1.71 bits per heavy atom. The van der Waals surface area contributed by atoms with Crippen molar-refractivity contribution in [2.24, 2.45) is 5.41 Å². The van der Waals surface area contributed by atoms with Crippen LogP contribution in [-0.2, 0) is 21.4 Å². The van der Waals surface area contributed by atoms with Crippen LogP contribution in [0.25, 0.3) is 22.2 Å². The lowest BCUT2D eigenvalue weighted by Crippen LogP contribution is -2.50. The van der Waals surface area contributed by atoms with Gasteiger partial charge in [0.1, 0.15) is 5.75 Å². The van der Waals surface area contributed by atoms with E-state index in [0.29, 0.717) is 30.9 Å². The van der Waals surface area contributed by atoms with Gasteiger partial charge in [-0.3, -0.25) is 9.59 Å². The lowest BCUT2D eigenvalue weighted by atomic mass is 9.81. The van der Waals surface area contributed by atoms with Crippen molar-refractivity contribution in [1.82, 2.24) is 19.1 Å². The Hall–Kier alpha value is -3.37. The number of likely N-dealkylation sites (N-methyl/N-ethyl adjacent to an activating group) is 1. The van der Waals surface area contributed by atoms with Crippen LogP contribution >= 0.6 is 0 Å². The summed E-state index contributed by atoms with van der Waals surface area (Å²) in [6, 6.07) is 12.0. The number of fused-ring (bicyclic) bond motifs is 7. The Bertz CT molecular complexity index is 1810. The molecular weight excluding hydrogens is 588 g/mol. The molecule has 0 spiro atoms. The summed E-state index contributed by atoms with van der Waals surface area (Å²) in [5, 5.41) is 0.620. The molecule has 2 unspecified atom stereocenters. The summed E-state index contributed by atoms with van der Waals surface area (Å²) in [6.45, 7) is 3.71. The van der Waals surface area contributed by atoms with E-state index >= 15 is 0 Å². The van der Waals surface area contributed by atoms with Gasteiger partial charge in [-0.15, -0.1) is 0 Å². The van der Waals surface area contributed by atoms with Gasteiger partial charge in [-0.25, -0.2) is 13.1 Å². The predicted octanol–water partition coefficient (Wildman–Crippen LogP) is 4.85. The number of amides is 2. The highest BCUT2D eigenvalue weighted by Crippen LogP contribution is 2.66. The first-order valence-corrected chi connectivity index (χ1v) is 18.1. The Labute approximate surface area is 264 Å². The highest BCUT2D eigenvalue weighted by atomic mass is 32.2. The standard InChI is InChI=1S/C35H42N4O5S/c1-37-14-16-38(17-15-37)34(41)35-20-29(35)28-19-24(44-2)9-13-26(28)32-31(22-6-4-3-5-7-22)27-12-8-23(18-30(27)39(32)21-35)33(40)36-45(42,43)25-10-11-25/h8-9,12-13,18-19,22,25,29H,3-7,10-11,14-17,20-21H2,1-2H3,(H,36,40). The quantitative estimate of drug-likeness (QED) is 0.418. The molecule has 45 heavy (non-hydrogen) atoms. The SMILES string of the molecule is COc1ccc2c(c1)C1CC1(C(=O)N1CCN(C)CC1)Cn1c-2c(C2CCCCC2)c2ccc(C(=O)NS(=O)(=O)C3CC3)cc21. The van der Waals surface area contributed by atoms with E-state index in [1.54, 1.807) is 13.2 Å². The fourth-order valence-electron chi connectivity index (χ4n) is 8.40. The number of hydrogen-bond donors (Lipinski definition) is 1. The van der Waals surface area contributed by atoms with E-state index in [9.17, 15) is 18.0 Å². The number of hydrogen-bond acceptors (Lipinski definition) is 6. The number of nitrogens with zero attached hydrogens (tertiary/aromatic N) is 3. The molecule has 5 aliphatic rings. The fraction of sp³-hybridized carbons (Fsp3) is 0.543. The highest BCUT2D eigenvalue weighted by molar-refractivity contribution is 7.91. The highest BCUT2D eigenvalue weighted by Gasteiger charge is 2.64. The number of ether oxygens (including phenoxy) is 1. The van der Waals surface area contributed by atoms with E-state index in [4.69, 9.17) is 4.74 Å². The second-order valence-electron chi connectivity index (χ2n) is 14.1. The third-order valence-corrected chi connectivity index (χ3v) is 13.0. The maximum absolute atomic E-state index is 14.5. The molecular formula is C35H42N4O5S. The summed E-state index contributed by atoms with van der Waals surface area (Å²) in [7, 11) is 0.108. The largest absolute Gasteiger partial charge is 0.497 e. The van der Waals surface area contributed by atoms with Gasteiger partial charge in [0.25, 0.3) is 5.91 Å². The first-order chi connectivity index (χ1) is 21.7. The number of aromatic nitrogens is 1. The van der Waals surface area contributed by atoms with Crippen LogP contribution in [0.3, 0.4) is 0 Å². The zero-order chi connectivity index (χ0) is 31.1. The molecule has 1 saturated heterocycles. The molecule has 238 valence electrons. The topological polar surface area (TPSA) is 101 Å². The maximum atomic E-state index is 14.5. The minimum Gasteiger partial charge on any atom is -0.497 e. The molecule has 3 aliphatic carbocycles. The molecule has 3 saturated carbocycles. The second kappa shape index (κ2) is 10.6. The Balaban J connectivity index is 1.31. The normalized spacial score (nSPS) is 25.2. The van der Waals surface area contributed by atoms with E-state index in [1.165, 1.54) is 30.4 Å². The number of nitrogens with one attached hydrogen (secondary N) is 1. The molecule has 9 nitrogen and oxygen atoms in total. The number of carbonyl (C=O) groups excluding carboxylic acids is 2. The molecule has 10 heteroatoms. The lowest BCUT2D eigenvalue weighted by Gasteiger charge is -2.35. The van der Waals surface area contributed by atoms with Crippen molar-refractivity contribution in [1.29, 1.82) is 0 Å². The van der Waals surface area contributed by atoms with Crippen molar-refractivity contribution < 1.29 is 22.7 Å². The van der Waals surface area contributed by atoms with Gasteiger partial charge in [-0.1, -0.05) is 25.3 Å². The molecule has 2 amide bonds. The van der Waals surface area contributed by atoms with Crippen molar-refractivity contribution in [2.45, 2.75) is 75.0 Å². The van der Waals surface area contributed by atoms with E-state index in [2.05, 4.69) is 38.3 Å². The van der Waals surface area contributed by atoms with Crippen LogP contribution in [0.1, 0.15) is 84.7 Å². The van der Waals surface area contributed by atoms with Crippen LogP contribution in [0.5, 0.6) is 5.75 Å². The molecule has 1 aromatic heterocycles. The first-order valence-electron chi connectivity index (χ1n) is 16.6. The molecule has 0 radical (unpaired) electrons. The molecule has 3 aromatic rings. The van der Waals surface area contributed by atoms with Gasteiger partial charge < -0.3 is 19.1 Å². The van der Waals surface area contributed by atoms with Gasteiger partial charge in [0.2, 0.25) is 15.9 Å². The molecule has 2 aliphatic heterocycles. The second-order valence-corrected chi connectivity index (χ2v) is 16.0. The van der Waals surface area contributed by atoms with Crippen LogP contribution in [-0.4, -0.2) is 80.2 Å². The summed E-state index contributed by atoms with van der Waals surface area (Å²) in [6.07, 6.45) is 7.77. The van der Waals surface area contributed by atoms with E-state index in [-0.39, 0.29) is 11.8 Å². The van der Waals surface area contributed by atoms with Gasteiger partial charge in [-0.2, -0.15) is 0 Å². The number of sulfonamides is 1. The molecule has 8 rings (SSSR count). The van der Waals surface area contributed by atoms with Crippen LogP contribution in [0.2, 0.25) is 0 Å². The average molecular weight is 631 g/mol. The van der Waals surface area contributed by atoms with Crippen molar-refractivity contribution >= 4 is 32.7 Å². The van der Waals surface area contributed by atoms with Gasteiger partial charge >= 0.3 is 0 Å². The molecule has 1 N–H and O–H groups in total. The van der Waals surface area contributed by atoms with Gasteiger partial charge in [-0.05, 0) is 86.5 Å². The fourth-order valence-corrected chi connectivity index (χ4v) is 9.70. The van der Waals surface area contributed by atoms with Crippen molar-refractivity contribution in [2.75, 3.05) is 40.3 Å². The summed E-state index contributed by atoms with van der Waals surface area (Å²) < 4.78 is 35.7. The van der Waals surface area contributed by atoms with Gasteiger partial charge in [0, 0.05) is 60.7 Å². The predicted molar refractivity (Wildman–Crippen MR) is 173 cm³/mol. The number of piperazine rings is 1. The number of carbonyl (C=O) groups is 2. The number of methoxy groups -OCH3 is 1. The molecule has 3 heterocycles. The Kier molecular flexibility index (Phi) is 6.84. The maximum Gasteiger partial charge on any atom is 0.264 e. The number of rotatable bonds is 6. The summed E-state index contributed by atoms with van der Waals surface area (Å²) in [5.74, 6) is 0.874. The van der Waals surface area contributed by atoms with Crippen molar-refractivity contribution in [3.63, 3.8) is 0 Å². The van der Waals surface area contributed by atoms with E-state index in [0.717, 1.165) is 73.4 Å². The lowest BCUT2D eigenvalue weighted by molar-refractivity contribution is -0.139. The minimum atomic E-state index is -3.68. The zero-order valence-corrected chi connectivity index (χ0v) is 27.0. The van der Waals surface area contributed by atoms with E-state index < -0.39 is 26.6 Å². The zero-order valence-electron chi connectivity index (χ0n) is 26.2. The summed E-state index contributed by atoms with van der Waals surface area (Å²) in [4.78, 5) is 32.2. The van der Waals surface area contributed by atoms with Crippen LogP contribution in [0.15, 0.2) is 36.4 Å². The van der Waals surface area contributed by atoms with Crippen molar-refractivity contribution in [3.8, 4) is 17.0 Å². The minimum absolute atomic E-state index is 0.0825. The van der Waals surface area contributed by atoms with E-state index in [1.807, 2.05) is 18.2 Å². The smallest absolute Gasteiger partial charge is 0.264 e. The Morgan fingerprint density at radius 1 is 0.956 bits per heavy atom. The van der Waals surface area contributed by atoms with Crippen LogP contribution in [0, 0.1) is 5.41 Å². The first kappa shape index (κ1) is 29.1. The monoisotopic (exact) mass is 630 g/mol. The molecule has 0 bridgehead atoms. The van der Waals surface area contributed by atoms with Crippen molar-refractivity contribution in [3.05, 3.63) is 53.1 Å². The van der Waals surface area contributed by atoms with Crippen LogP contribution in [0.4, 0.5) is 0 Å².